The third-order valence-corrected chi connectivity index (χ3v) is 3.01. The summed E-state index contributed by atoms with van der Waals surface area (Å²) in [6.07, 6.45) is 4.17. The maximum absolute atomic E-state index is 8.68. The highest BCUT2D eigenvalue weighted by atomic mass is 16.5. The number of hydrogen-bond donors (Lipinski definition) is 2. The number of rotatable bonds is 6. The van der Waals surface area contributed by atoms with Crippen LogP contribution in [0, 0.1) is 0 Å². The Morgan fingerprint density at radius 1 is 1.67 bits per heavy atom. The summed E-state index contributed by atoms with van der Waals surface area (Å²) in [5.41, 5.74) is 6.06. The second kappa shape index (κ2) is 5.68. The van der Waals surface area contributed by atoms with Gasteiger partial charge in [0.15, 0.2) is 5.84 Å². The molecule has 18 heavy (non-hydrogen) atoms. The SMILES string of the molecule is CN(CCOc1ncccc1/C(N)=N/O)C1CC1. The maximum atomic E-state index is 8.68. The Bertz CT molecular complexity index is 432. The lowest BCUT2D eigenvalue weighted by Gasteiger charge is -2.16. The van der Waals surface area contributed by atoms with Crippen LogP contribution in [0.1, 0.15) is 18.4 Å². The Hall–Kier alpha value is -1.82. The van der Waals surface area contributed by atoms with E-state index in [1.165, 1.54) is 12.8 Å². The van der Waals surface area contributed by atoms with E-state index in [0.29, 0.717) is 24.1 Å². The largest absolute Gasteiger partial charge is 0.476 e. The number of amidine groups is 1. The van der Waals surface area contributed by atoms with Gasteiger partial charge < -0.3 is 20.6 Å². The van der Waals surface area contributed by atoms with E-state index in [-0.39, 0.29) is 5.84 Å². The molecule has 0 bridgehead atoms. The topological polar surface area (TPSA) is 84.0 Å². The lowest BCUT2D eigenvalue weighted by Crippen LogP contribution is -2.27. The first-order chi connectivity index (χ1) is 8.72. The minimum Gasteiger partial charge on any atom is -0.476 e. The summed E-state index contributed by atoms with van der Waals surface area (Å²) in [5.74, 6) is 0.408. The Kier molecular flexibility index (Phi) is 3.99. The fraction of sp³-hybridized carbons (Fsp3) is 0.500. The van der Waals surface area contributed by atoms with Gasteiger partial charge in [0.25, 0.3) is 0 Å². The van der Waals surface area contributed by atoms with Gasteiger partial charge in [-0.05, 0) is 32.0 Å². The number of nitrogens with zero attached hydrogens (tertiary/aromatic N) is 3. The summed E-state index contributed by atoms with van der Waals surface area (Å²) in [6, 6.07) is 4.14. The second-order valence-corrected chi connectivity index (χ2v) is 4.40. The molecule has 3 N–H and O–H groups in total. The van der Waals surface area contributed by atoms with Crippen LogP contribution in [0.4, 0.5) is 0 Å². The van der Waals surface area contributed by atoms with E-state index in [1.54, 1.807) is 18.3 Å². The molecule has 1 aliphatic rings. The van der Waals surface area contributed by atoms with E-state index in [4.69, 9.17) is 15.7 Å². The number of oxime groups is 1. The van der Waals surface area contributed by atoms with Gasteiger partial charge in [-0.2, -0.15) is 0 Å². The first-order valence-electron chi connectivity index (χ1n) is 5.98. The third kappa shape index (κ3) is 3.10. The molecule has 1 saturated carbocycles. The molecule has 0 aliphatic heterocycles. The van der Waals surface area contributed by atoms with Crippen LogP contribution in [0.5, 0.6) is 5.88 Å². The fourth-order valence-electron chi connectivity index (χ4n) is 1.74. The van der Waals surface area contributed by atoms with E-state index >= 15 is 0 Å². The molecule has 0 aromatic carbocycles. The van der Waals surface area contributed by atoms with Gasteiger partial charge in [-0.15, -0.1) is 0 Å². The van der Waals surface area contributed by atoms with E-state index in [1.807, 2.05) is 0 Å². The summed E-state index contributed by atoms with van der Waals surface area (Å²) >= 11 is 0. The first kappa shape index (κ1) is 12.6. The molecule has 98 valence electrons. The number of aromatic nitrogens is 1. The summed E-state index contributed by atoms with van der Waals surface area (Å²) in [6.45, 7) is 1.38. The fourth-order valence-corrected chi connectivity index (χ4v) is 1.74. The average molecular weight is 250 g/mol. The lowest BCUT2D eigenvalue weighted by molar-refractivity contribution is 0.226. The highest BCUT2D eigenvalue weighted by molar-refractivity contribution is 5.98. The highest BCUT2D eigenvalue weighted by Crippen LogP contribution is 2.24. The van der Waals surface area contributed by atoms with Crippen molar-refractivity contribution in [3.63, 3.8) is 0 Å². The quantitative estimate of drug-likeness (QED) is 0.335. The zero-order valence-electron chi connectivity index (χ0n) is 10.4. The first-order valence-corrected chi connectivity index (χ1v) is 5.98. The van der Waals surface area contributed by atoms with Gasteiger partial charge in [0.05, 0.1) is 5.56 Å². The van der Waals surface area contributed by atoms with Crippen LogP contribution >= 0.6 is 0 Å². The predicted octanol–water partition coefficient (Wildman–Crippen LogP) is 0.649. The average Bonchev–Trinajstić information content (AvgIpc) is 3.22. The monoisotopic (exact) mass is 250 g/mol. The van der Waals surface area contributed by atoms with Crippen LogP contribution in [0.2, 0.25) is 0 Å². The molecule has 0 spiro atoms. The summed E-state index contributed by atoms with van der Waals surface area (Å²) in [5, 5.41) is 11.6. The molecule has 1 aliphatic carbocycles. The van der Waals surface area contributed by atoms with Crippen molar-refractivity contribution in [3.05, 3.63) is 23.9 Å². The standard InChI is InChI=1S/C12H18N4O2/c1-16(9-4-5-9)7-8-18-12-10(11(13)15-17)3-2-6-14-12/h2-3,6,9,17H,4-5,7-8H2,1H3,(H2,13,15). The van der Waals surface area contributed by atoms with E-state index in [0.717, 1.165) is 6.54 Å². The van der Waals surface area contributed by atoms with Crippen LogP contribution in [-0.4, -0.2) is 47.2 Å². The molecular weight excluding hydrogens is 232 g/mol. The zero-order chi connectivity index (χ0) is 13.0. The second-order valence-electron chi connectivity index (χ2n) is 4.40. The van der Waals surface area contributed by atoms with Gasteiger partial charge in [0.2, 0.25) is 5.88 Å². The summed E-state index contributed by atoms with van der Waals surface area (Å²) in [7, 11) is 2.09. The molecule has 1 heterocycles. The molecular formula is C12H18N4O2. The molecule has 0 unspecified atom stereocenters. The van der Waals surface area contributed by atoms with Crippen LogP contribution in [-0.2, 0) is 0 Å². The van der Waals surface area contributed by atoms with Crippen LogP contribution in [0.25, 0.3) is 0 Å². The van der Waals surface area contributed by atoms with Gasteiger partial charge in [0, 0.05) is 18.8 Å². The van der Waals surface area contributed by atoms with Crippen LogP contribution < -0.4 is 10.5 Å². The van der Waals surface area contributed by atoms with Crippen molar-refractivity contribution in [1.82, 2.24) is 9.88 Å². The summed E-state index contributed by atoms with van der Waals surface area (Å²) in [4.78, 5) is 6.36. The van der Waals surface area contributed by atoms with E-state index in [9.17, 15) is 0 Å². The normalized spacial score (nSPS) is 16.0. The maximum Gasteiger partial charge on any atom is 0.224 e. The minimum absolute atomic E-state index is 0.00801. The predicted molar refractivity (Wildman–Crippen MR) is 67.9 cm³/mol. The Morgan fingerprint density at radius 3 is 3.11 bits per heavy atom. The molecule has 6 heteroatoms. The lowest BCUT2D eigenvalue weighted by atomic mass is 10.2. The molecule has 0 radical (unpaired) electrons. The van der Waals surface area contributed by atoms with E-state index in [2.05, 4.69) is 22.1 Å². The number of likely N-dealkylation sites (N-methyl/N-ethyl adjacent to an activating group) is 1. The molecule has 2 rings (SSSR count). The Balaban J connectivity index is 1.91. The number of hydrogen-bond acceptors (Lipinski definition) is 5. The van der Waals surface area contributed by atoms with Gasteiger partial charge in [-0.25, -0.2) is 4.98 Å². The van der Waals surface area contributed by atoms with Crippen LogP contribution in [0.3, 0.4) is 0 Å². The summed E-state index contributed by atoms with van der Waals surface area (Å²) < 4.78 is 5.58. The zero-order valence-corrected chi connectivity index (χ0v) is 10.4. The van der Waals surface area contributed by atoms with Crippen molar-refractivity contribution in [3.8, 4) is 5.88 Å². The van der Waals surface area contributed by atoms with Crippen molar-refractivity contribution >= 4 is 5.84 Å². The molecule has 0 saturated heterocycles. The Morgan fingerprint density at radius 2 is 2.44 bits per heavy atom. The van der Waals surface area contributed by atoms with Gasteiger partial charge >= 0.3 is 0 Å². The number of nitrogens with two attached hydrogens (primary N) is 1. The molecule has 1 aromatic heterocycles. The Labute approximate surface area is 106 Å². The molecule has 0 amide bonds. The molecule has 1 fully saturated rings. The van der Waals surface area contributed by atoms with Crippen molar-refractivity contribution in [2.24, 2.45) is 10.9 Å². The molecule has 1 aromatic rings. The van der Waals surface area contributed by atoms with Gasteiger partial charge in [-0.1, -0.05) is 5.16 Å². The smallest absolute Gasteiger partial charge is 0.224 e. The van der Waals surface area contributed by atoms with Crippen molar-refractivity contribution in [2.45, 2.75) is 18.9 Å². The van der Waals surface area contributed by atoms with Gasteiger partial charge in [0.1, 0.15) is 6.61 Å². The number of pyridine rings is 1. The van der Waals surface area contributed by atoms with Crippen molar-refractivity contribution in [2.75, 3.05) is 20.2 Å². The van der Waals surface area contributed by atoms with Crippen molar-refractivity contribution < 1.29 is 9.94 Å². The molecule has 0 atom stereocenters. The van der Waals surface area contributed by atoms with Gasteiger partial charge in [-0.3, -0.25) is 0 Å². The van der Waals surface area contributed by atoms with Crippen LogP contribution in [0.15, 0.2) is 23.5 Å². The molecule has 6 nitrogen and oxygen atoms in total. The number of ether oxygens (including phenoxy) is 1. The van der Waals surface area contributed by atoms with Crippen molar-refractivity contribution in [1.29, 1.82) is 0 Å². The highest BCUT2D eigenvalue weighted by Gasteiger charge is 2.25. The third-order valence-electron chi connectivity index (χ3n) is 3.01. The minimum atomic E-state index is 0.00801. The van der Waals surface area contributed by atoms with E-state index < -0.39 is 0 Å².